The summed E-state index contributed by atoms with van der Waals surface area (Å²) in [6, 6.07) is 5.21. The van der Waals surface area contributed by atoms with E-state index in [-0.39, 0.29) is 0 Å². The zero-order valence-corrected chi connectivity index (χ0v) is 8.23. The molecule has 0 spiro atoms. The van der Waals surface area contributed by atoms with Crippen LogP contribution >= 0.6 is 11.8 Å². The van der Waals surface area contributed by atoms with Gasteiger partial charge < -0.3 is 9.94 Å². The second-order valence-corrected chi connectivity index (χ2v) is 3.24. The Balaban J connectivity index is 2.48. The molecule has 0 fully saturated rings. The van der Waals surface area contributed by atoms with Crippen LogP contribution in [0.3, 0.4) is 0 Å². The molecule has 0 aliphatic carbocycles. The van der Waals surface area contributed by atoms with Gasteiger partial charge in [0.25, 0.3) is 0 Å². The highest BCUT2D eigenvalue weighted by molar-refractivity contribution is 6.13. The Bertz CT molecular complexity index is 394. The molecule has 6 heteroatoms. The molecule has 0 bridgehead atoms. The van der Waals surface area contributed by atoms with Crippen LogP contribution < -0.4 is 4.74 Å². The fourth-order valence-corrected chi connectivity index (χ4v) is 1.48. The number of ether oxygens (including phenoxy) is 1. The largest absolute Gasteiger partial charge is 0.691 e. The highest BCUT2D eigenvalue weighted by Gasteiger charge is 2.21. The van der Waals surface area contributed by atoms with Gasteiger partial charge in [-0.3, -0.25) is 0 Å². The zero-order valence-electron chi connectivity index (χ0n) is 7.48. The molecule has 2 rings (SSSR count). The zero-order chi connectivity index (χ0) is 10.1. The van der Waals surface area contributed by atoms with Crippen LogP contribution in [0.5, 0.6) is 5.75 Å². The predicted octanol–water partition coefficient (Wildman–Crippen LogP) is 2.17. The van der Waals surface area contributed by atoms with Gasteiger partial charge in [0.2, 0.25) is 0 Å². The molecule has 74 valence electrons. The number of fused-ring (bicyclic) bond motifs is 1. The van der Waals surface area contributed by atoms with Crippen LogP contribution in [-0.2, 0) is 6.54 Å². The molecule has 14 heavy (non-hydrogen) atoms. The highest BCUT2D eigenvalue weighted by Crippen LogP contribution is 2.29. The Morgan fingerprint density at radius 3 is 3.14 bits per heavy atom. The van der Waals surface area contributed by atoms with Crippen molar-refractivity contribution in [2.45, 2.75) is 6.54 Å². The summed E-state index contributed by atoms with van der Waals surface area (Å²) in [6.07, 6.45) is 0. The van der Waals surface area contributed by atoms with E-state index in [1.165, 1.54) is 0 Å². The van der Waals surface area contributed by atoms with Crippen molar-refractivity contribution in [2.75, 3.05) is 7.11 Å². The van der Waals surface area contributed by atoms with Gasteiger partial charge in [0.05, 0.1) is 7.11 Å². The molecule has 1 aliphatic heterocycles. The second-order valence-electron chi connectivity index (χ2n) is 2.85. The van der Waals surface area contributed by atoms with E-state index in [1.807, 2.05) is 0 Å². The van der Waals surface area contributed by atoms with Gasteiger partial charge >= 0.3 is 0 Å². The van der Waals surface area contributed by atoms with E-state index >= 15 is 0 Å². The van der Waals surface area contributed by atoms with Crippen molar-refractivity contribution in [3.8, 4) is 5.75 Å². The lowest BCUT2D eigenvalue weighted by atomic mass is 10.1. The second kappa shape index (κ2) is 3.34. The maximum absolute atomic E-state index is 11.3. The minimum absolute atomic E-state index is 0.416. The minimum Gasteiger partial charge on any atom is -0.691 e. The Hall–Kier alpha value is -1.49. The van der Waals surface area contributed by atoms with Gasteiger partial charge in [-0.2, -0.15) is 0 Å². The van der Waals surface area contributed by atoms with Crippen molar-refractivity contribution in [1.82, 2.24) is 4.53 Å². The average molecular weight is 214 g/mol. The van der Waals surface area contributed by atoms with E-state index in [2.05, 4.69) is 5.22 Å². The fourth-order valence-electron chi connectivity index (χ4n) is 1.29. The Kier molecular flexibility index (Phi) is 2.17. The molecule has 0 saturated heterocycles. The maximum Gasteiger partial charge on any atom is 0.165 e. The summed E-state index contributed by atoms with van der Waals surface area (Å²) in [5.41, 5.74) is 1.30. The van der Waals surface area contributed by atoms with E-state index in [1.54, 1.807) is 25.3 Å². The monoisotopic (exact) mass is 213 g/mol. The number of methoxy groups -OCH3 is 1. The van der Waals surface area contributed by atoms with Crippen molar-refractivity contribution in [1.29, 1.82) is 0 Å². The fraction of sp³-hybridized carbons (Fsp3) is 0.250. The molecule has 1 heterocycles. The molecule has 5 nitrogen and oxygen atoms in total. The van der Waals surface area contributed by atoms with Crippen molar-refractivity contribution in [3.05, 3.63) is 29.0 Å². The van der Waals surface area contributed by atoms with Crippen LogP contribution in [-0.4, -0.2) is 16.5 Å². The first-order valence-electron chi connectivity index (χ1n) is 4.00. The first kappa shape index (κ1) is 9.08. The van der Waals surface area contributed by atoms with Crippen LogP contribution in [0, 0.1) is 5.21 Å². The van der Waals surface area contributed by atoms with Gasteiger partial charge in [-0.15, -0.1) is 4.86 Å². The van der Waals surface area contributed by atoms with Gasteiger partial charge in [0.15, 0.2) is 24.0 Å². The molecular formula is C8H8ClN3O2. The molecular weight excluding hydrogens is 206 g/mol. The van der Waals surface area contributed by atoms with Gasteiger partial charge in [-0.05, 0) is 12.1 Å². The van der Waals surface area contributed by atoms with Crippen molar-refractivity contribution >= 4 is 17.5 Å². The van der Waals surface area contributed by atoms with Crippen LogP contribution in [0.15, 0.2) is 23.4 Å². The minimum atomic E-state index is 0.416. The SMILES string of the molecule is COc1ccc2c(c1)[N+]([O-])=NN(Cl)C2. The summed E-state index contributed by atoms with van der Waals surface area (Å²) in [4.78, 5) is 0.481. The first-order chi connectivity index (χ1) is 6.70. The summed E-state index contributed by atoms with van der Waals surface area (Å²) in [5.74, 6) is 0.628. The van der Waals surface area contributed by atoms with Crippen LogP contribution in [0.1, 0.15) is 5.56 Å². The third-order valence-corrected chi connectivity index (χ3v) is 2.16. The van der Waals surface area contributed by atoms with Gasteiger partial charge in [0.1, 0.15) is 11.0 Å². The highest BCUT2D eigenvalue weighted by atomic mass is 35.5. The summed E-state index contributed by atoms with van der Waals surface area (Å²) in [6.45, 7) is 0.416. The molecule has 0 unspecified atom stereocenters. The lowest BCUT2D eigenvalue weighted by molar-refractivity contribution is -0.463. The van der Waals surface area contributed by atoms with E-state index < -0.39 is 0 Å². The van der Waals surface area contributed by atoms with Crippen molar-refractivity contribution in [2.24, 2.45) is 5.22 Å². The Morgan fingerprint density at radius 1 is 1.64 bits per heavy atom. The summed E-state index contributed by atoms with van der Waals surface area (Å²) in [7, 11) is 1.55. The molecule has 1 aromatic carbocycles. The van der Waals surface area contributed by atoms with E-state index in [4.69, 9.17) is 16.5 Å². The third-order valence-electron chi connectivity index (χ3n) is 1.98. The standard InChI is InChI=1S/C8H8ClN3O2/c1-14-7-3-2-6-5-11(9)10-12(13)8(6)4-7/h2-4H,5H2,1H3. The molecule has 0 N–H and O–H groups in total. The normalized spacial score (nSPS) is 14.7. The van der Waals surface area contributed by atoms with Gasteiger partial charge in [0, 0.05) is 11.6 Å². The molecule has 1 aliphatic rings. The van der Waals surface area contributed by atoms with E-state index in [0.29, 0.717) is 22.8 Å². The number of rotatable bonds is 1. The lowest BCUT2D eigenvalue weighted by Gasteiger charge is -2.17. The Labute approximate surface area is 85.8 Å². The number of hydrogen-bond donors (Lipinski definition) is 0. The first-order valence-corrected chi connectivity index (χ1v) is 4.33. The van der Waals surface area contributed by atoms with Gasteiger partial charge in [-0.1, -0.05) is 4.53 Å². The predicted molar refractivity (Wildman–Crippen MR) is 50.1 cm³/mol. The molecule has 0 radical (unpaired) electrons. The van der Waals surface area contributed by atoms with Crippen LogP contribution in [0.2, 0.25) is 0 Å². The van der Waals surface area contributed by atoms with Crippen molar-refractivity contribution < 1.29 is 9.60 Å². The summed E-state index contributed by atoms with van der Waals surface area (Å²) < 4.78 is 6.07. The third kappa shape index (κ3) is 1.46. The number of hydrogen-bond acceptors (Lipinski definition) is 4. The van der Waals surface area contributed by atoms with Crippen molar-refractivity contribution in [3.63, 3.8) is 0 Å². The molecule has 0 amide bonds. The molecule has 0 atom stereocenters. The lowest BCUT2D eigenvalue weighted by Crippen LogP contribution is -2.15. The average Bonchev–Trinajstić information content (AvgIpc) is 2.17. The van der Waals surface area contributed by atoms with E-state index in [9.17, 15) is 5.21 Å². The summed E-state index contributed by atoms with van der Waals surface area (Å²) >= 11 is 5.61. The molecule has 0 saturated carbocycles. The van der Waals surface area contributed by atoms with Gasteiger partial charge in [-0.25, -0.2) is 0 Å². The topological polar surface area (TPSA) is 50.9 Å². The molecule has 1 aromatic rings. The quantitative estimate of drug-likeness (QED) is 0.408. The van der Waals surface area contributed by atoms with Crippen LogP contribution in [0.25, 0.3) is 0 Å². The van der Waals surface area contributed by atoms with Crippen LogP contribution in [0.4, 0.5) is 5.69 Å². The number of nitrogens with zero attached hydrogens (tertiary/aromatic N) is 3. The number of halogens is 1. The Morgan fingerprint density at radius 2 is 2.43 bits per heavy atom. The smallest absolute Gasteiger partial charge is 0.165 e. The maximum atomic E-state index is 11.3. The molecule has 0 aromatic heterocycles. The van der Waals surface area contributed by atoms with E-state index in [0.717, 1.165) is 10.1 Å². The summed E-state index contributed by atoms with van der Waals surface area (Å²) in [5, 5.41) is 14.9. The number of benzene rings is 1.